The Morgan fingerprint density at radius 3 is 2.28 bits per heavy atom. The number of fused-ring (bicyclic) bond motifs is 1. The first-order chi connectivity index (χ1) is 23.9. The van der Waals surface area contributed by atoms with Crippen LogP contribution in [-0.2, 0) is 25.6 Å². The van der Waals surface area contributed by atoms with Crippen LogP contribution in [0.3, 0.4) is 0 Å². The van der Waals surface area contributed by atoms with Gasteiger partial charge in [0.05, 0.1) is 6.04 Å². The van der Waals surface area contributed by atoms with Crippen LogP contribution >= 0.6 is 0 Å². The lowest BCUT2D eigenvalue weighted by Gasteiger charge is -2.57. The van der Waals surface area contributed by atoms with Gasteiger partial charge in [-0.2, -0.15) is 0 Å². The summed E-state index contributed by atoms with van der Waals surface area (Å²) in [7, 11) is 0. The molecule has 5 saturated carbocycles. The number of carbonyl (C=O) groups excluding carboxylic acids is 5. The topological polar surface area (TPSA) is 236 Å². The van der Waals surface area contributed by atoms with Gasteiger partial charge < -0.3 is 38.5 Å². The lowest BCUT2D eigenvalue weighted by molar-refractivity contribution is -0.136. The lowest BCUT2D eigenvalue weighted by Crippen LogP contribution is -2.60. The Kier molecular flexibility index (Phi) is 10.7. The van der Waals surface area contributed by atoms with Gasteiger partial charge in [-0.15, -0.1) is 0 Å². The Morgan fingerprint density at radius 1 is 0.940 bits per heavy atom. The molecule has 5 atom stereocenters. The number of hydrogen-bond acceptors (Lipinski definition) is 8. The molecule has 0 spiro atoms. The second-order valence-electron chi connectivity index (χ2n) is 15.7. The summed E-state index contributed by atoms with van der Waals surface area (Å²) in [6, 6.07) is 6.00. The molecule has 0 aromatic heterocycles. The molecular weight excluding hydrogens is 638 g/mol. The Morgan fingerprint density at radius 2 is 1.62 bits per heavy atom. The molecule has 5 aliphatic carbocycles. The van der Waals surface area contributed by atoms with Gasteiger partial charge in [-0.3, -0.25) is 29.5 Å². The zero-order valence-electron chi connectivity index (χ0n) is 28.8. The van der Waals surface area contributed by atoms with Crippen LogP contribution < -0.4 is 43.8 Å². The lowest BCUT2D eigenvalue weighted by atomic mass is 9.48. The third-order valence-corrected chi connectivity index (χ3v) is 11.8. The third-order valence-electron chi connectivity index (χ3n) is 11.8. The number of hydrogen-bond donors (Lipinski definition) is 8. The molecular formula is C36H53N9O5. The maximum atomic E-state index is 14.3. The molecule has 1 heterocycles. The number of guanidine groups is 1. The molecule has 0 unspecified atom stereocenters. The van der Waals surface area contributed by atoms with Gasteiger partial charge in [0.25, 0.3) is 0 Å². The highest BCUT2D eigenvalue weighted by atomic mass is 16.2. The number of rotatable bonds is 7. The predicted octanol–water partition coefficient (Wildman–Crippen LogP) is 0.681. The molecule has 5 fully saturated rings. The van der Waals surface area contributed by atoms with Crippen molar-refractivity contribution < 1.29 is 24.0 Å². The van der Waals surface area contributed by atoms with Crippen LogP contribution in [-0.4, -0.2) is 72.4 Å². The Labute approximate surface area is 293 Å². The molecule has 50 heavy (non-hydrogen) atoms. The van der Waals surface area contributed by atoms with Gasteiger partial charge in [-0.1, -0.05) is 30.3 Å². The van der Waals surface area contributed by atoms with E-state index in [0.717, 1.165) is 24.8 Å². The molecule has 4 bridgehead atoms. The fraction of sp³-hybridized carbons (Fsp3) is 0.667. The van der Waals surface area contributed by atoms with Crippen molar-refractivity contribution >= 4 is 35.6 Å². The van der Waals surface area contributed by atoms with E-state index in [0.29, 0.717) is 56.4 Å². The van der Waals surface area contributed by atoms with E-state index in [1.54, 1.807) is 0 Å². The number of benzene rings is 1. The highest BCUT2D eigenvalue weighted by molar-refractivity contribution is 5.98. The fourth-order valence-electron chi connectivity index (χ4n) is 9.71. The molecule has 1 aromatic rings. The Hall–Kier alpha value is -4.20. The monoisotopic (exact) mass is 691 g/mol. The van der Waals surface area contributed by atoms with Crippen molar-refractivity contribution in [1.82, 2.24) is 26.6 Å². The van der Waals surface area contributed by atoms with Gasteiger partial charge >= 0.3 is 6.03 Å². The van der Waals surface area contributed by atoms with Gasteiger partial charge in [-0.05, 0) is 118 Å². The van der Waals surface area contributed by atoms with Crippen LogP contribution in [0.4, 0.5) is 4.79 Å². The average Bonchev–Trinajstić information content (AvgIpc) is 3.76. The second-order valence-corrected chi connectivity index (χ2v) is 15.7. The molecule has 7 rings (SSSR count). The Bertz CT molecular complexity index is 1450. The zero-order valence-corrected chi connectivity index (χ0v) is 28.8. The number of nitrogens with one attached hydrogen (secondary N) is 5. The van der Waals surface area contributed by atoms with E-state index in [-0.39, 0.29) is 36.7 Å². The molecule has 6 aliphatic rings. The molecule has 11 N–H and O–H groups in total. The molecule has 272 valence electrons. The number of amides is 6. The largest absolute Gasteiger partial charge is 0.370 e. The van der Waals surface area contributed by atoms with Crippen molar-refractivity contribution in [2.45, 2.75) is 107 Å². The van der Waals surface area contributed by atoms with Crippen molar-refractivity contribution in [2.24, 2.45) is 51.3 Å². The van der Waals surface area contributed by atoms with Gasteiger partial charge in [0.15, 0.2) is 5.96 Å². The molecule has 14 heteroatoms. The first-order valence-electron chi connectivity index (χ1n) is 18.3. The van der Waals surface area contributed by atoms with Crippen LogP contribution in [0.5, 0.6) is 0 Å². The minimum Gasteiger partial charge on any atom is -0.370 e. The minimum atomic E-state index is -1.22. The number of primary amides is 1. The fourth-order valence-corrected chi connectivity index (χ4v) is 9.71. The van der Waals surface area contributed by atoms with Crippen molar-refractivity contribution in [2.75, 3.05) is 13.1 Å². The SMILES string of the molecule is NC(=O)[C@@]12C[C@H]1CCCNC(=O)NC(N)=NCCC[C@@H](NC(=O)[C@@H](N)Cc1ccccc1)C(=O)N[C@@H](CC13CC4CC(CC(C4)C1)C3)C(=O)N2. The molecule has 0 radical (unpaired) electrons. The standard InChI is InChI=1S/C36H53N9O5/c37-26(15-21-6-2-1-3-7-21)29(46)42-27-9-5-10-40-33(39)44-34(50)41-11-4-8-25-19-36(25,32(38)49)45-31(48)28(43-30(27)47)20-35-16-22-12-23(17-35)14-24(13-22)18-35/h1-3,6-7,22-28H,4-5,8-20,37H2,(H2,38,49)(H,42,46)(H,43,47)(H,45,48)(H4,39,40,41,44,50)/t22?,23?,24?,25-,26+,27-,28+,35?,36-/m1/s1. The predicted molar refractivity (Wildman–Crippen MR) is 187 cm³/mol. The summed E-state index contributed by atoms with van der Waals surface area (Å²) in [5, 5.41) is 14.1. The van der Waals surface area contributed by atoms with E-state index < -0.39 is 53.3 Å². The summed E-state index contributed by atoms with van der Waals surface area (Å²) in [5.74, 6) is -0.431. The first kappa shape index (κ1) is 35.6. The smallest absolute Gasteiger partial charge is 0.321 e. The van der Waals surface area contributed by atoms with Crippen molar-refractivity contribution in [3.63, 3.8) is 0 Å². The number of carbonyl (C=O) groups is 5. The summed E-state index contributed by atoms with van der Waals surface area (Å²) in [4.78, 5) is 71.1. The molecule has 1 aromatic carbocycles. The summed E-state index contributed by atoms with van der Waals surface area (Å²) in [6.45, 7) is 0.513. The van der Waals surface area contributed by atoms with Gasteiger partial charge in [0, 0.05) is 13.1 Å². The summed E-state index contributed by atoms with van der Waals surface area (Å²) < 4.78 is 0. The quantitative estimate of drug-likeness (QED) is 0.203. The van der Waals surface area contributed by atoms with E-state index in [4.69, 9.17) is 17.2 Å². The van der Waals surface area contributed by atoms with Crippen LogP contribution in [0.15, 0.2) is 35.3 Å². The van der Waals surface area contributed by atoms with Crippen LogP contribution in [0.2, 0.25) is 0 Å². The van der Waals surface area contributed by atoms with Gasteiger partial charge in [0.1, 0.15) is 17.6 Å². The van der Waals surface area contributed by atoms with Gasteiger partial charge in [-0.25, -0.2) is 4.79 Å². The number of aliphatic imine (C=N–C) groups is 1. The molecule has 0 saturated heterocycles. The number of urea groups is 1. The minimum absolute atomic E-state index is 0.0731. The molecule has 14 nitrogen and oxygen atoms in total. The first-order valence-corrected chi connectivity index (χ1v) is 18.3. The zero-order chi connectivity index (χ0) is 35.5. The maximum absolute atomic E-state index is 14.3. The van der Waals surface area contributed by atoms with E-state index >= 15 is 0 Å². The van der Waals surface area contributed by atoms with Crippen molar-refractivity contribution in [3.8, 4) is 0 Å². The van der Waals surface area contributed by atoms with Crippen molar-refractivity contribution in [3.05, 3.63) is 35.9 Å². The molecule has 1 aliphatic heterocycles. The van der Waals surface area contributed by atoms with E-state index in [2.05, 4.69) is 31.6 Å². The normalized spacial score (nSPS) is 35.3. The van der Waals surface area contributed by atoms with Crippen LogP contribution in [0, 0.1) is 29.1 Å². The average molecular weight is 692 g/mol. The van der Waals surface area contributed by atoms with Crippen molar-refractivity contribution in [1.29, 1.82) is 0 Å². The number of nitrogens with zero attached hydrogens (tertiary/aromatic N) is 1. The van der Waals surface area contributed by atoms with Crippen LogP contribution in [0.1, 0.15) is 82.6 Å². The molecule has 6 amide bonds. The third kappa shape index (κ3) is 8.39. The highest BCUT2D eigenvalue weighted by Gasteiger charge is 2.60. The summed E-state index contributed by atoms with van der Waals surface area (Å²) in [5.41, 5.74) is 17.7. The summed E-state index contributed by atoms with van der Waals surface area (Å²) in [6.07, 6.45) is 9.52. The van der Waals surface area contributed by atoms with E-state index in [1.165, 1.54) is 19.3 Å². The van der Waals surface area contributed by atoms with E-state index in [9.17, 15) is 24.0 Å². The van der Waals surface area contributed by atoms with E-state index in [1.807, 2.05) is 30.3 Å². The Balaban J connectivity index is 1.24. The maximum Gasteiger partial charge on any atom is 0.321 e. The number of nitrogens with two attached hydrogens (primary N) is 3. The summed E-state index contributed by atoms with van der Waals surface area (Å²) >= 11 is 0. The highest BCUT2D eigenvalue weighted by Crippen LogP contribution is 2.61. The second kappa shape index (κ2) is 15.0. The van der Waals surface area contributed by atoms with Gasteiger partial charge in [0.2, 0.25) is 23.6 Å². The van der Waals surface area contributed by atoms with Crippen LogP contribution in [0.25, 0.3) is 0 Å².